The number of hydrogen-bond donors (Lipinski definition) is 1. The Balaban J connectivity index is 4.07. The lowest BCUT2D eigenvalue weighted by Gasteiger charge is -1.70. The van der Waals surface area contributed by atoms with Gasteiger partial charge in [-0.25, -0.2) is 0 Å². The van der Waals surface area contributed by atoms with Gasteiger partial charge in [-0.1, -0.05) is 8.48 Å². The first-order chi connectivity index (χ1) is 28.9. The van der Waals surface area contributed by atoms with Gasteiger partial charge in [0.1, 0.15) is 0 Å². The van der Waals surface area contributed by atoms with Crippen LogP contribution in [0.2, 0.25) is 0 Å². The Labute approximate surface area is 315 Å². The van der Waals surface area contributed by atoms with Crippen molar-refractivity contribution in [2.45, 2.75) is 0 Å². The van der Waals surface area contributed by atoms with Gasteiger partial charge >= 0.3 is 0 Å². The first-order valence-corrected chi connectivity index (χ1v) is 13.2. The highest BCUT2D eigenvalue weighted by molar-refractivity contribution is 14.1. The molecule has 0 saturated heterocycles. The molecule has 0 aromatic carbocycles. The molecule has 0 aliphatic heterocycles. The molecule has 56 nitrogen and oxygen atoms in total. The third-order valence-corrected chi connectivity index (χ3v) is 2.55. The number of nitrogens with two attached hydrogens (primary N) is 1. The largest absolute Gasteiger partial charge is 0.303 e. The molecule has 0 amide bonds. The molecule has 58 heteroatoms. The molecule has 0 aliphatic carbocycles. The van der Waals surface area contributed by atoms with Crippen molar-refractivity contribution in [3.63, 3.8) is 0 Å². The van der Waals surface area contributed by atoms with E-state index in [1.807, 2.05) is 0 Å². The van der Waals surface area contributed by atoms with E-state index in [-0.39, 0.29) is 0 Å². The summed E-state index contributed by atoms with van der Waals surface area (Å²) in [5, 5.41) is 161. The summed E-state index contributed by atoms with van der Waals surface area (Å²) in [6, 6.07) is 0. The fourth-order valence-corrected chi connectivity index (χ4v) is 1.12. The second-order valence-electron chi connectivity index (χ2n) is 5.00. The summed E-state index contributed by atoms with van der Waals surface area (Å²) in [7, 11) is 0. The summed E-state index contributed by atoms with van der Waals surface area (Å²) < 4.78 is 14.6. The molecule has 0 aromatic rings. The van der Waals surface area contributed by atoms with E-state index in [1.165, 1.54) is 0 Å². The Morgan fingerprint density at radius 3 is 0.379 bits per heavy atom. The first kappa shape index (κ1) is 47.5. The molecule has 0 radical (unpaired) electrons. The van der Waals surface area contributed by atoms with Gasteiger partial charge in [-0.3, -0.25) is 0 Å². The van der Waals surface area contributed by atoms with Crippen molar-refractivity contribution in [2.24, 2.45) is 291 Å². The number of nitrogens with zero attached hydrogens (tertiary/aromatic N) is 55. The van der Waals surface area contributed by atoms with Gasteiger partial charge in [0.2, 0.25) is 21.6 Å². The van der Waals surface area contributed by atoms with Crippen LogP contribution in [-0.4, -0.2) is 0 Å². The average molecular weight is 932 g/mol. The third kappa shape index (κ3) is 45.5. The Morgan fingerprint density at radius 2 is 0.276 bits per heavy atom. The van der Waals surface area contributed by atoms with Gasteiger partial charge in [-0.2, -0.15) is 2.86 Å². The summed E-state index contributed by atoms with van der Waals surface area (Å²) in [5.41, 5.74) is 0. The topological polar surface area (TPSA) is 706 Å². The molecular formula is H2FIN56. The molecule has 0 spiro atoms. The van der Waals surface area contributed by atoms with Crippen LogP contribution in [0.4, 0.5) is 2.86 Å². The molecule has 2 N–H and O–H groups in total. The van der Waals surface area contributed by atoms with E-state index >= 15 is 0 Å². The van der Waals surface area contributed by atoms with E-state index in [9.17, 15) is 2.86 Å². The first-order valence-electron chi connectivity index (χ1n) is 11.4. The van der Waals surface area contributed by atoms with Gasteiger partial charge in [0.25, 0.3) is 0 Å². The summed E-state index contributed by atoms with van der Waals surface area (Å²) >= 11 is -1.89. The van der Waals surface area contributed by atoms with E-state index in [0.29, 0.717) is 0 Å². The van der Waals surface area contributed by atoms with E-state index in [2.05, 4.69) is 291 Å². The van der Waals surface area contributed by atoms with Gasteiger partial charge in [0.15, 0.2) is 0 Å². The zero-order valence-electron chi connectivity index (χ0n) is 25.9. The third-order valence-electron chi connectivity index (χ3n) is 2.19. The number of halogens is 2. The van der Waals surface area contributed by atoms with Crippen molar-refractivity contribution >= 4 is 21.6 Å². The Bertz CT molecular complexity index is 1760. The van der Waals surface area contributed by atoms with E-state index < -0.39 is 21.6 Å². The van der Waals surface area contributed by atoms with Crippen LogP contribution in [0.1, 0.15) is 0 Å². The van der Waals surface area contributed by atoms with Crippen LogP contribution in [0.15, 0.2) is 285 Å². The molecule has 0 aromatic heterocycles. The molecule has 296 valence electrons. The maximum absolute atomic E-state index is 11.6. The molecule has 58 heavy (non-hydrogen) atoms. The molecule has 0 atom stereocenters. The lowest BCUT2D eigenvalue weighted by atomic mass is 12.3. The average Bonchev–Trinajstić information content (AvgIpc) is 3.23. The molecule has 0 heterocycles. The normalized spacial score (nSPS) is 15.7. The maximum Gasteiger partial charge on any atom is 0.243 e. The van der Waals surface area contributed by atoms with Crippen molar-refractivity contribution < 1.29 is 2.86 Å². The van der Waals surface area contributed by atoms with E-state index in [0.717, 1.165) is 0 Å². The quantitative estimate of drug-likeness (QED) is 0.0357. The Morgan fingerprint density at radius 1 is 0.172 bits per heavy atom. The molecule has 0 saturated carbocycles. The highest BCUT2D eigenvalue weighted by Gasteiger charge is 1.75. The fourth-order valence-electron chi connectivity index (χ4n) is 0.963. The van der Waals surface area contributed by atoms with Gasteiger partial charge in [0.05, 0.1) is 0 Å². The molecule has 0 bridgehead atoms. The zero-order valence-corrected chi connectivity index (χ0v) is 28.1. The summed E-state index contributed by atoms with van der Waals surface area (Å²) in [6.45, 7) is 0. The van der Waals surface area contributed by atoms with Gasteiger partial charge in [-0.15, -0.1) is 0 Å². The van der Waals surface area contributed by atoms with Crippen LogP contribution >= 0.6 is 21.6 Å². The minimum absolute atomic E-state index is 1.89. The van der Waals surface area contributed by atoms with Crippen molar-refractivity contribution in [1.82, 2.24) is 0 Å². The summed E-state index contributed by atoms with van der Waals surface area (Å²) in [6.07, 6.45) is 0. The van der Waals surface area contributed by atoms with Gasteiger partial charge in [-0.05, 0) is 78.3 Å². The highest BCUT2D eigenvalue weighted by atomic mass is 127. The lowest BCUT2D eigenvalue weighted by molar-refractivity contribution is 0.724. The molecular weight excluding hydrogens is 930 g/mol. The van der Waals surface area contributed by atoms with Crippen molar-refractivity contribution in [2.75, 3.05) is 0 Å². The standard InChI is InChI=1S/FH2IN56/c1-2-4-6-8-10-12-14-16-18-20-22-24-26-28-30-32-34-36-38-40-42-44-46-48-50-52-54-56-58-57-55-53-51-49-47-45-43-41-39-37-35-33-31-29-27-25-23-21-19-17-15-13-11-9-7-5-3/h(H2,3,6,7,10,11,14,15,18,19,22,23,26,27,30,31,34,35,38,39,42,43,46,47,50,51,54,55,58). The van der Waals surface area contributed by atoms with Crippen LogP contribution in [-0.2, 0) is 0 Å². The molecule has 0 fully saturated rings. The van der Waals surface area contributed by atoms with E-state index in [4.69, 9.17) is 0 Å². The predicted molar refractivity (Wildman–Crippen MR) is 153 cm³/mol. The zero-order chi connectivity index (χ0) is 41.6. The number of hydrogen-bond acceptors (Lipinski definition) is 2. The second kappa shape index (κ2) is 46.5. The lowest BCUT2D eigenvalue weighted by Crippen LogP contribution is -1.70. The summed E-state index contributed by atoms with van der Waals surface area (Å²) in [4.78, 5) is 0. The Kier molecular flexibility index (Phi) is 38.0. The predicted octanol–water partition coefficient (Wildman–Crippen LogP) is 10.8. The maximum atomic E-state index is 11.6. The second-order valence-corrected chi connectivity index (χ2v) is 5.79. The highest BCUT2D eigenvalue weighted by Crippen LogP contribution is 2.00. The number of rotatable bonds is 27. The molecule has 0 aliphatic rings. The van der Waals surface area contributed by atoms with Crippen LogP contribution in [0, 0.1) is 0 Å². The fraction of sp³-hybridized carbons (Fsp3) is 0. The SMILES string of the molecule is N/N=N/N=N/N=N/N=N/N=N/N=N/N=N/N=N/N=N/N=N/N=N/N=N/N=N/N=N/N=N/N=N/N=N/N=N/N=N/N=N/N=N/N=N/N=N/N=N/N=N/N=N/N=N/N=IF. The van der Waals surface area contributed by atoms with Crippen LogP contribution in [0.5, 0.6) is 0 Å². The molecule has 0 unspecified atom stereocenters. The smallest absolute Gasteiger partial charge is 0.243 e. The van der Waals surface area contributed by atoms with Crippen LogP contribution < -0.4 is 5.84 Å². The molecule has 0 rings (SSSR count). The van der Waals surface area contributed by atoms with Crippen LogP contribution in [0.25, 0.3) is 0 Å². The minimum Gasteiger partial charge on any atom is -0.303 e. The summed E-state index contributed by atoms with van der Waals surface area (Å²) in [5.74, 6) is 4.63. The minimum atomic E-state index is -1.89. The van der Waals surface area contributed by atoms with Crippen LogP contribution in [0.3, 0.4) is 0 Å². The van der Waals surface area contributed by atoms with Crippen molar-refractivity contribution in [1.29, 1.82) is 0 Å². The van der Waals surface area contributed by atoms with Gasteiger partial charge in [0, 0.05) is 198 Å². The Hall–Kier alpha value is -10.5. The van der Waals surface area contributed by atoms with Crippen molar-refractivity contribution in [3.8, 4) is 0 Å². The van der Waals surface area contributed by atoms with Crippen molar-refractivity contribution in [3.05, 3.63) is 0 Å². The van der Waals surface area contributed by atoms with E-state index in [1.54, 1.807) is 0 Å². The monoisotopic (exact) mass is 932 g/mol. The van der Waals surface area contributed by atoms with Gasteiger partial charge < -0.3 is 5.84 Å².